The normalized spacial score (nSPS) is 18.5. The molecule has 4 rings (SSSR count). The third-order valence-electron chi connectivity index (χ3n) is 7.88. The molecule has 1 aromatic carbocycles. The highest BCUT2D eigenvalue weighted by molar-refractivity contribution is 7.90. The standard InChI is InChI=1S/C29H35F3N4O5S/c1-19(37)36-10-4-5-21(18-36)14-24(38)13-20-8-11-35(12-9-20)27-26(16-25(17-33-27)42(2,40)41)34-28(39)22-6-3-7-23(15-22)29(30,31)32/h3,6-7,15-17,20-21H,4-5,8-14,18H2,1-2H3,(H,34,39)/t21-/m1/s1. The van der Waals surface area contributed by atoms with Crippen LogP contribution >= 0.6 is 0 Å². The van der Waals surface area contributed by atoms with Gasteiger partial charge < -0.3 is 15.1 Å². The molecular formula is C29H35F3N4O5S. The molecule has 3 heterocycles. The summed E-state index contributed by atoms with van der Waals surface area (Å²) >= 11 is 0. The SMILES string of the molecule is CC(=O)N1CCC[C@H](CC(=O)CC2CCN(c3ncc(S(C)(=O)=O)cc3NC(=O)c3cccc(C(F)(F)F)c3)CC2)C1. The number of pyridine rings is 1. The van der Waals surface area contributed by atoms with E-state index in [1.807, 2.05) is 4.90 Å². The van der Waals surface area contributed by atoms with Gasteiger partial charge in [-0.1, -0.05) is 6.07 Å². The average molecular weight is 609 g/mol. The molecule has 2 amide bonds. The second-order valence-electron chi connectivity index (χ2n) is 11.2. The molecule has 9 nitrogen and oxygen atoms in total. The first-order chi connectivity index (χ1) is 19.7. The molecule has 228 valence electrons. The molecule has 2 aromatic rings. The van der Waals surface area contributed by atoms with Gasteiger partial charge in [0.25, 0.3) is 5.91 Å². The number of alkyl halides is 3. The van der Waals surface area contributed by atoms with Crippen molar-refractivity contribution in [1.82, 2.24) is 9.88 Å². The van der Waals surface area contributed by atoms with Crippen molar-refractivity contribution in [3.05, 3.63) is 47.7 Å². The quantitative estimate of drug-likeness (QED) is 0.466. The van der Waals surface area contributed by atoms with Crippen molar-refractivity contribution in [2.75, 3.05) is 42.7 Å². The highest BCUT2D eigenvalue weighted by Crippen LogP contribution is 2.33. The molecule has 2 saturated heterocycles. The van der Waals surface area contributed by atoms with Crippen molar-refractivity contribution in [2.24, 2.45) is 11.8 Å². The summed E-state index contributed by atoms with van der Waals surface area (Å²) in [4.78, 5) is 45.3. The van der Waals surface area contributed by atoms with Gasteiger partial charge in [0.15, 0.2) is 15.7 Å². The first-order valence-electron chi connectivity index (χ1n) is 13.9. The van der Waals surface area contributed by atoms with Gasteiger partial charge in [0.2, 0.25) is 5.91 Å². The number of hydrogen-bond donors (Lipinski definition) is 1. The molecule has 1 atom stereocenters. The van der Waals surface area contributed by atoms with Gasteiger partial charge in [-0.25, -0.2) is 13.4 Å². The van der Waals surface area contributed by atoms with Gasteiger partial charge >= 0.3 is 6.18 Å². The highest BCUT2D eigenvalue weighted by atomic mass is 32.2. The number of rotatable bonds is 8. The lowest BCUT2D eigenvalue weighted by Crippen LogP contribution is -2.39. The predicted octanol–water partition coefficient (Wildman–Crippen LogP) is 4.58. The van der Waals surface area contributed by atoms with E-state index >= 15 is 0 Å². The molecule has 0 aliphatic carbocycles. The van der Waals surface area contributed by atoms with Crippen LogP contribution in [0.25, 0.3) is 0 Å². The molecule has 0 unspecified atom stereocenters. The Labute approximate surface area is 243 Å². The van der Waals surface area contributed by atoms with Crippen LogP contribution < -0.4 is 10.2 Å². The van der Waals surface area contributed by atoms with Gasteiger partial charge in [-0.05, 0) is 61.8 Å². The van der Waals surface area contributed by atoms with Crippen molar-refractivity contribution < 1.29 is 36.0 Å². The lowest BCUT2D eigenvalue weighted by Gasteiger charge is -2.34. The third kappa shape index (κ3) is 8.08. The Balaban J connectivity index is 1.43. The molecule has 0 saturated carbocycles. The molecule has 1 aromatic heterocycles. The summed E-state index contributed by atoms with van der Waals surface area (Å²) < 4.78 is 63.9. The van der Waals surface area contributed by atoms with Crippen LogP contribution in [0.1, 0.15) is 61.4 Å². The van der Waals surface area contributed by atoms with Crippen LogP contribution in [0.3, 0.4) is 0 Å². The Morgan fingerprint density at radius 1 is 1.02 bits per heavy atom. The van der Waals surface area contributed by atoms with E-state index in [1.54, 1.807) is 11.8 Å². The number of nitrogens with one attached hydrogen (secondary N) is 1. The number of amides is 2. The number of anilines is 2. The number of piperidine rings is 2. The van der Waals surface area contributed by atoms with Crippen molar-refractivity contribution in [1.29, 1.82) is 0 Å². The van der Waals surface area contributed by atoms with Crippen LogP contribution in [0.4, 0.5) is 24.7 Å². The fourth-order valence-electron chi connectivity index (χ4n) is 5.61. The summed E-state index contributed by atoms with van der Waals surface area (Å²) in [5.74, 6) is 0.00691. The molecule has 2 aliphatic rings. The average Bonchev–Trinajstić information content (AvgIpc) is 2.92. The predicted molar refractivity (Wildman–Crippen MR) is 151 cm³/mol. The van der Waals surface area contributed by atoms with Crippen LogP contribution in [0, 0.1) is 11.8 Å². The Kier molecular flexibility index (Phi) is 9.59. The third-order valence-corrected chi connectivity index (χ3v) is 8.96. The van der Waals surface area contributed by atoms with Crippen LogP contribution in [-0.4, -0.2) is 68.3 Å². The highest BCUT2D eigenvalue weighted by Gasteiger charge is 2.31. The Bertz CT molecular complexity index is 1440. The van der Waals surface area contributed by atoms with E-state index in [0.717, 1.165) is 43.8 Å². The fourth-order valence-corrected chi connectivity index (χ4v) is 6.19. The molecular weight excluding hydrogens is 573 g/mol. The lowest BCUT2D eigenvalue weighted by molar-refractivity contribution is -0.137. The maximum absolute atomic E-state index is 13.2. The molecule has 2 aliphatic heterocycles. The summed E-state index contributed by atoms with van der Waals surface area (Å²) in [6.07, 6.45) is 1.61. The van der Waals surface area contributed by atoms with Crippen molar-refractivity contribution >= 4 is 38.9 Å². The monoisotopic (exact) mass is 608 g/mol. The van der Waals surface area contributed by atoms with Crippen molar-refractivity contribution in [3.8, 4) is 0 Å². The Morgan fingerprint density at radius 3 is 2.36 bits per heavy atom. The van der Waals surface area contributed by atoms with E-state index < -0.39 is 27.5 Å². The molecule has 0 spiro atoms. The van der Waals surface area contributed by atoms with Gasteiger partial charge in [-0.2, -0.15) is 13.2 Å². The summed E-state index contributed by atoms with van der Waals surface area (Å²) in [6, 6.07) is 5.22. The second-order valence-corrected chi connectivity index (χ2v) is 13.2. The van der Waals surface area contributed by atoms with Gasteiger partial charge in [0, 0.05) is 64.0 Å². The summed E-state index contributed by atoms with van der Waals surface area (Å²) in [5, 5.41) is 2.56. The number of sulfone groups is 1. The number of benzene rings is 1. The van der Waals surface area contributed by atoms with Gasteiger partial charge in [0.1, 0.15) is 5.78 Å². The number of ketones is 1. The zero-order chi connectivity index (χ0) is 30.7. The molecule has 0 bridgehead atoms. The minimum absolute atomic E-state index is 0.0306. The number of Topliss-reactive ketones (excluding diaryl/α,β-unsaturated/α-hetero) is 1. The maximum Gasteiger partial charge on any atom is 0.416 e. The first-order valence-corrected chi connectivity index (χ1v) is 15.8. The lowest BCUT2D eigenvalue weighted by atomic mass is 9.86. The zero-order valence-corrected chi connectivity index (χ0v) is 24.4. The molecule has 1 N–H and O–H groups in total. The number of nitrogens with zero attached hydrogens (tertiary/aromatic N) is 3. The Morgan fingerprint density at radius 2 is 1.71 bits per heavy atom. The molecule has 42 heavy (non-hydrogen) atoms. The van der Waals surface area contributed by atoms with Crippen molar-refractivity contribution in [3.63, 3.8) is 0 Å². The Hall–Kier alpha value is -3.48. The van der Waals surface area contributed by atoms with E-state index in [0.29, 0.717) is 51.1 Å². The molecule has 2 fully saturated rings. The van der Waals surface area contributed by atoms with Gasteiger partial charge in [0.05, 0.1) is 16.1 Å². The number of halogens is 3. The topological polar surface area (TPSA) is 117 Å². The number of aromatic nitrogens is 1. The second kappa shape index (κ2) is 12.8. The number of hydrogen-bond acceptors (Lipinski definition) is 7. The van der Waals surface area contributed by atoms with Crippen LogP contribution in [-0.2, 0) is 25.6 Å². The molecule has 13 heteroatoms. The van der Waals surface area contributed by atoms with Crippen LogP contribution in [0.2, 0.25) is 0 Å². The maximum atomic E-state index is 13.2. The van der Waals surface area contributed by atoms with Gasteiger partial charge in [-0.15, -0.1) is 0 Å². The van der Waals surface area contributed by atoms with Crippen LogP contribution in [0.5, 0.6) is 0 Å². The number of likely N-dealkylation sites (tertiary alicyclic amines) is 1. The largest absolute Gasteiger partial charge is 0.416 e. The van der Waals surface area contributed by atoms with Crippen molar-refractivity contribution in [2.45, 2.75) is 56.5 Å². The van der Waals surface area contributed by atoms with Crippen LogP contribution in [0.15, 0.2) is 41.4 Å². The summed E-state index contributed by atoms with van der Waals surface area (Å²) in [5.41, 5.74) is -1.14. The molecule has 0 radical (unpaired) electrons. The summed E-state index contributed by atoms with van der Waals surface area (Å²) in [6.45, 7) is 3.89. The zero-order valence-electron chi connectivity index (χ0n) is 23.6. The van der Waals surface area contributed by atoms with E-state index in [-0.39, 0.29) is 39.7 Å². The summed E-state index contributed by atoms with van der Waals surface area (Å²) in [7, 11) is -3.68. The smallest absolute Gasteiger partial charge is 0.355 e. The first kappa shape index (κ1) is 31.5. The van der Waals surface area contributed by atoms with E-state index in [4.69, 9.17) is 0 Å². The van der Waals surface area contributed by atoms with Gasteiger partial charge in [-0.3, -0.25) is 14.4 Å². The van der Waals surface area contributed by atoms with E-state index in [9.17, 15) is 36.0 Å². The van der Waals surface area contributed by atoms with E-state index in [2.05, 4.69) is 10.3 Å². The van der Waals surface area contributed by atoms with E-state index in [1.165, 1.54) is 18.3 Å². The minimum Gasteiger partial charge on any atom is -0.355 e. The number of carbonyl (C=O) groups excluding carboxylic acids is 3. The minimum atomic E-state index is -4.63. The number of carbonyl (C=O) groups is 3. The fraction of sp³-hybridized carbons (Fsp3) is 0.517.